The molecule has 4 bridgehead atoms. The van der Waals surface area contributed by atoms with Crippen LogP contribution in [0.3, 0.4) is 0 Å². The Morgan fingerprint density at radius 3 is 1.96 bits per heavy atom. The molecule has 4 aliphatic carbocycles. The number of rotatable bonds is 2. The van der Waals surface area contributed by atoms with Crippen LogP contribution in [0.1, 0.15) is 51.4 Å². The van der Waals surface area contributed by atoms with Gasteiger partial charge in [-0.15, -0.1) is 0 Å². The first-order valence-electron chi connectivity index (χ1n) is 11.1. The van der Waals surface area contributed by atoms with Crippen LogP contribution in [0.4, 0.5) is 4.79 Å². The van der Waals surface area contributed by atoms with E-state index in [0.717, 1.165) is 56.8 Å². The molecule has 0 aromatic carbocycles. The van der Waals surface area contributed by atoms with E-state index in [1.807, 2.05) is 0 Å². The van der Waals surface area contributed by atoms with Crippen molar-refractivity contribution >= 4 is 11.9 Å². The van der Waals surface area contributed by atoms with E-state index in [4.69, 9.17) is 5.73 Å². The number of nitrogens with two attached hydrogens (primary N) is 1. The minimum atomic E-state index is -0.390. The van der Waals surface area contributed by atoms with Gasteiger partial charge in [-0.05, 0) is 69.1 Å². The molecule has 6 heteroatoms. The molecule has 0 spiro atoms. The van der Waals surface area contributed by atoms with E-state index >= 15 is 0 Å². The lowest BCUT2D eigenvalue weighted by atomic mass is 9.52. The number of primary amides is 1. The molecule has 1 atom stereocenters. The number of carbonyl (C=O) groups excluding carboxylic acids is 2. The number of likely N-dealkylation sites (tertiary alicyclic amines) is 1. The van der Waals surface area contributed by atoms with Crippen LogP contribution >= 0.6 is 0 Å². The first kappa shape index (κ1) is 17.8. The van der Waals surface area contributed by atoms with Gasteiger partial charge in [0.25, 0.3) is 0 Å². The molecule has 27 heavy (non-hydrogen) atoms. The summed E-state index contributed by atoms with van der Waals surface area (Å²) in [5, 5.41) is 0. The van der Waals surface area contributed by atoms with E-state index < -0.39 is 0 Å². The third kappa shape index (κ3) is 3.14. The van der Waals surface area contributed by atoms with Gasteiger partial charge in [0, 0.05) is 44.8 Å². The number of hydrogen-bond donors (Lipinski definition) is 1. The van der Waals surface area contributed by atoms with Crippen molar-refractivity contribution < 1.29 is 9.59 Å². The average molecular weight is 375 g/mol. The van der Waals surface area contributed by atoms with Gasteiger partial charge in [0.15, 0.2) is 0 Å². The van der Waals surface area contributed by atoms with E-state index in [1.165, 1.54) is 38.5 Å². The summed E-state index contributed by atoms with van der Waals surface area (Å²) < 4.78 is 0. The van der Waals surface area contributed by atoms with Crippen LogP contribution in [0.2, 0.25) is 0 Å². The second kappa shape index (κ2) is 6.64. The number of piperidine rings is 1. The van der Waals surface area contributed by atoms with Crippen molar-refractivity contribution in [1.82, 2.24) is 14.7 Å². The summed E-state index contributed by atoms with van der Waals surface area (Å²) in [6.07, 6.45) is 10.4. The molecule has 6 aliphatic rings. The summed E-state index contributed by atoms with van der Waals surface area (Å²) in [6.45, 7) is 4.97. The second-order valence-corrected chi connectivity index (χ2v) is 10.1. The molecule has 2 heterocycles. The molecule has 6 rings (SSSR count). The Labute approximate surface area is 162 Å². The van der Waals surface area contributed by atoms with Crippen LogP contribution < -0.4 is 5.73 Å². The SMILES string of the molecule is NC(=O)N1CCCC(C(=O)N2CCN(C34CC5CC(CC(C5)C3)C4)CC2)C1. The lowest BCUT2D eigenvalue weighted by Crippen LogP contribution is -2.64. The maximum Gasteiger partial charge on any atom is 0.314 e. The van der Waals surface area contributed by atoms with Gasteiger partial charge in [-0.25, -0.2) is 4.79 Å². The third-order valence-corrected chi connectivity index (χ3v) is 8.35. The lowest BCUT2D eigenvalue weighted by molar-refractivity contribution is -0.143. The molecule has 0 aromatic rings. The summed E-state index contributed by atoms with van der Waals surface area (Å²) in [4.78, 5) is 30.9. The molecule has 6 fully saturated rings. The van der Waals surface area contributed by atoms with Gasteiger partial charge in [-0.3, -0.25) is 9.69 Å². The standard InChI is InChI=1S/C21H34N4O2/c22-20(27)24-3-1-2-18(14-24)19(26)23-4-6-25(7-5-23)21-11-15-8-16(12-21)10-17(9-15)13-21/h15-18H,1-14H2,(H2,22,27). The van der Waals surface area contributed by atoms with Gasteiger partial charge in [0.05, 0.1) is 5.92 Å². The van der Waals surface area contributed by atoms with E-state index in [-0.39, 0.29) is 17.9 Å². The molecule has 2 N–H and O–H groups in total. The zero-order chi connectivity index (χ0) is 18.6. The number of nitrogens with zero attached hydrogens (tertiary/aromatic N) is 3. The number of hydrogen-bond acceptors (Lipinski definition) is 3. The molecule has 2 aliphatic heterocycles. The van der Waals surface area contributed by atoms with Crippen LogP contribution in [-0.4, -0.2) is 71.4 Å². The molecular weight excluding hydrogens is 340 g/mol. The van der Waals surface area contributed by atoms with Crippen molar-refractivity contribution in [2.45, 2.75) is 56.9 Å². The topological polar surface area (TPSA) is 69.9 Å². The predicted molar refractivity (Wildman–Crippen MR) is 103 cm³/mol. The Morgan fingerprint density at radius 1 is 0.815 bits per heavy atom. The van der Waals surface area contributed by atoms with Crippen LogP contribution in [0, 0.1) is 23.7 Å². The molecule has 1 unspecified atom stereocenters. The van der Waals surface area contributed by atoms with Gasteiger partial charge >= 0.3 is 6.03 Å². The van der Waals surface area contributed by atoms with E-state index in [1.54, 1.807) is 4.90 Å². The van der Waals surface area contributed by atoms with Crippen molar-refractivity contribution in [3.8, 4) is 0 Å². The molecule has 3 amide bonds. The molecule has 4 saturated carbocycles. The van der Waals surface area contributed by atoms with Crippen LogP contribution in [0.5, 0.6) is 0 Å². The smallest absolute Gasteiger partial charge is 0.314 e. The summed E-state index contributed by atoms with van der Waals surface area (Å²) in [7, 11) is 0. The molecule has 2 saturated heterocycles. The average Bonchev–Trinajstić information content (AvgIpc) is 2.66. The molecular formula is C21H34N4O2. The predicted octanol–water partition coefficient (Wildman–Crippen LogP) is 1.89. The van der Waals surface area contributed by atoms with Gasteiger partial charge < -0.3 is 15.5 Å². The first-order chi connectivity index (χ1) is 13.0. The Kier molecular flexibility index (Phi) is 4.37. The zero-order valence-corrected chi connectivity index (χ0v) is 16.4. The molecule has 0 radical (unpaired) electrons. The highest BCUT2D eigenvalue weighted by molar-refractivity contribution is 5.80. The third-order valence-electron chi connectivity index (χ3n) is 8.35. The van der Waals surface area contributed by atoms with Crippen LogP contribution in [-0.2, 0) is 4.79 Å². The monoisotopic (exact) mass is 374 g/mol. The maximum absolute atomic E-state index is 13.0. The first-order valence-corrected chi connectivity index (χ1v) is 11.1. The largest absolute Gasteiger partial charge is 0.351 e. The van der Waals surface area contributed by atoms with Crippen molar-refractivity contribution in [2.24, 2.45) is 29.4 Å². The Morgan fingerprint density at radius 2 is 1.41 bits per heavy atom. The van der Waals surface area contributed by atoms with E-state index in [0.29, 0.717) is 18.6 Å². The van der Waals surface area contributed by atoms with Gasteiger partial charge in [0.2, 0.25) is 5.91 Å². The fourth-order valence-electron chi connectivity index (χ4n) is 7.49. The minimum Gasteiger partial charge on any atom is -0.351 e. The highest BCUT2D eigenvalue weighted by Gasteiger charge is 2.53. The summed E-state index contributed by atoms with van der Waals surface area (Å²) >= 11 is 0. The Balaban J connectivity index is 1.19. The van der Waals surface area contributed by atoms with Gasteiger partial charge in [-0.2, -0.15) is 0 Å². The fourth-order valence-corrected chi connectivity index (χ4v) is 7.49. The summed E-state index contributed by atoms with van der Waals surface area (Å²) in [5.41, 5.74) is 5.88. The van der Waals surface area contributed by atoms with E-state index in [9.17, 15) is 9.59 Å². The number of carbonyl (C=O) groups is 2. The van der Waals surface area contributed by atoms with Crippen molar-refractivity contribution in [1.29, 1.82) is 0 Å². The number of urea groups is 1. The molecule has 150 valence electrons. The number of piperazine rings is 1. The summed E-state index contributed by atoms with van der Waals surface area (Å²) in [5.74, 6) is 3.09. The Bertz CT molecular complexity index is 578. The quantitative estimate of drug-likeness (QED) is 0.802. The molecule has 6 nitrogen and oxygen atoms in total. The van der Waals surface area contributed by atoms with Crippen LogP contribution in [0.15, 0.2) is 0 Å². The van der Waals surface area contributed by atoms with Crippen molar-refractivity contribution in [2.75, 3.05) is 39.3 Å². The van der Waals surface area contributed by atoms with Gasteiger partial charge in [0.1, 0.15) is 0 Å². The zero-order valence-electron chi connectivity index (χ0n) is 16.4. The second-order valence-electron chi connectivity index (χ2n) is 10.1. The highest BCUT2D eigenvalue weighted by atomic mass is 16.2. The highest BCUT2D eigenvalue weighted by Crippen LogP contribution is 2.57. The number of amides is 3. The maximum atomic E-state index is 13.0. The van der Waals surface area contributed by atoms with Crippen molar-refractivity contribution in [3.63, 3.8) is 0 Å². The normalized spacial score (nSPS) is 41.8. The summed E-state index contributed by atoms with van der Waals surface area (Å²) in [6, 6.07) is -0.390. The van der Waals surface area contributed by atoms with E-state index in [2.05, 4.69) is 9.80 Å². The van der Waals surface area contributed by atoms with Crippen LogP contribution in [0.25, 0.3) is 0 Å². The molecule has 0 aromatic heterocycles. The minimum absolute atomic E-state index is 0.0580. The van der Waals surface area contributed by atoms with Crippen molar-refractivity contribution in [3.05, 3.63) is 0 Å². The Hall–Kier alpha value is -1.30. The lowest BCUT2D eigenvalue weighted by Gasteiger charge is -2.61. The van der Waals surface area contributed by atoms with Gasteiger partial charge in [-0.1, -0.05) is 0 Å². The fraction of sp³-hybridized carbons (Fsp3) is 0.905.